The summed E-state index contributed by atoms with van der Waals surface area (Å²) in [4.78, 5) is 6.58. The number of nitrogens with one attached hydrogen (secondary N) is 1. The third-order valence-corrected chi connectivity index (χ3v) is 3.22. The molecule has 0 unspecified atom stereocenters. The second kappa shape index (κ2) is 5.95. The molecule has 2 rings (SSSR count). The van der Waals surface area contributed by atoms with Crippen molar-refractivity contribution in [2.24, 2.45) is 5.84 Å². The zero-order valence-corrected chi connectivity index (χ0v) is 10.2. The molecule has 1 saturated heterocycles. The van der Waals surface area contributed by atoms with Crippen LogP contribution in [0.1, 0.15) is 18.4 Å². The lowest BCUT2D eigenvalue weighted by molar-refractivity contribution is 0.0406. The van der Waals surface area contributed by atoms with Gasteiger partial charge in [-0.25, -0.2) is 10.8 Å². The molecule has 0 aliphatic carbocycles. The largest absolute Gasteiger partial charge is 0.381 e. The first-order valence-corrected chi connectivity index (χ1v) is 5.99. The van der Waals surface area contributed by atoms with Crippen molar-refractivity contribution in [2.75, 3.05) is 25.7 Å². The van der Waals surface area contributed by atoms with Crippen LogP contribution in [0.3, 0.4) is 0 Å². The highest BCUT2D eigenvalue weighted by molar-refractivity contribution is 5.33. The van der Waals surface area contributed by atoms with Crippen LogP contribution >= 0.6 is 0 Å². The molecule has 1 aliphatic rings. The molecule has 5 heteroatoms. The number of hydrazine groups is 1. The first-order chi connectivity index (χ1) is 8.29. The molecule has 94 valence electrons. The van der Waals surface area contributed by atoms with Crippen molar-refractivity contribution in [3.8, 4) is 0 Å². The van der Waals surface area contributed by atoms with E-state index in [2.05, 4.69) is 28.4 Å². The van der Waals surface area contributed by atoms with Crippen molar-refractivity contribution >= 4 is 5.82 Å². The van der Waals surface area contributed by atoms with Gasteiger partial charge in [-0.05, 0) is 31.5 Å². The Morgan fingerprint density at radius 3 is 2.82 bits per heavy atom. The summed E-state index contributed by atoms with van der Waals surface area (Å²) < 4.78 is 5.37. The van der Waals surface area contributed by atoms with Crippen LogP contribution in [0.2, 0.25) is 0 Å². The van der Waals surface area contributed by atoms with Gasteiger partial charge >= 0.3 is 0 Å². The summed E-state index contributed by atoms with van der Waals surface area (Å²) in [5.41, 5.74) is 3.74. The molecular formula is C12H20N4O. The molecule has 0 amide bonds. The molecule has 2 heterocycles. The first kappa shape index (κ1) is 12.3. The smallest absolute Gasteiger partial charge is 0.139 e. The fourth-order valence-corrected chi connectivity index (χ4v) is 2.15. The van der Waals surface area contributed by atoms with Crippen molar-refractivity contribution in [2.45, 2.75) is 25.4 Å². The second-order valence-electron chi connectivity index (χ2n) is 4.45. The summed E-state index contributed by atoms with van der Waals surface area (Å²) in [6.07, 6.45) is 4.10. The van der Waals surface area contributed by atoms with Crippen LogP contribution in [-0.4, -0.2) is 36.2 Å². The maximum atomic E-state index is 5.37. The fourth-order valence-electron chi connectivity index (χ4n) is 2.15. The van der Waals surface area contributed by atoms with Gasteiger partial charge < -0.3 is 10.2 Å². The molecule has 0 aromatic carbocycles. The van der Waals surface area contributed by atoms with E-state index in [1.807, 2.05) is 12.3 Å². The van der Waals surface area contributed by atoms with Crippen LogP contribution in [-0.2, 0) is 11.3 Å². The molecule has 1 aliphatic heterocycles. The van der Waals surface area contributed by atoms with E-state index in [1.54, 1.807) is 0 Å². The van der Waals surface area contributed by atoms with Crippen LogP contribution in [0.25, 0.3) is 0 Å². The summed E-state index contributed by atoms with van der Waals surface area (Å²) in [6, 6.07) is 4.57. The molecule has 1 aromatic heterocycles. The zero-order chi connectivity index (χ0) is 12.1. The number of nitrogen functional groups attached to an aromatic ring is 1. The quantitative estimate of drug-likeness (QED) is 0.602. The van der Waals surface area contributed by atoms with Gasteiger partial charge in [-0.15, -0.1) is 0 Å². The van der Waals surface area contributed by atoms with E-state index in [9.17, 15) is 0 Å². The molecule has 0 bridgehead atoms. The maximum absolute atomic E-state index is 5.37. The summed E-state index contributed by atoms with van der Waals surface area (Å²) in [5.74, 6) is 5.98. The number of nitrogens with two attached hydrogens (primary N) is 1. The van der Waals surface area contributed by atoms with Crippen LogP contribution in [0.5, 0.6) is 0 Å². The van der Waals surface area contributed by atoms with Gasteiger partial charge in [0, 0.05) is 32.0 Å². The molecule has 17 heavy (non-hydrogen) atoms. The van der Waals surface area contributed by atoms with Gasteiger partial charge in [0.2, 0.25) is 0 Å². The van der Waals surface area contributed by atoms with Crippen molar-refractivity contribution in [3.05, 3.63) is 23.9 Å². The predicted molar refractivity (Wildman–Crippen MR) is 67.4 cm³/mol. The Hall–Kier alpha value is -1.17. The van der Waals surface area contributed by atoms with E-state index in [0.717, 1.165) is 32.6 Å². The minimum absolute atomic E-state index is 0.621. The normalized spacial score (nSPS) is 17.4. The second-order valence-corrected chi connectivity index (χ2v) is 4.45. The van der Waals surface area contributed by atoms with Crippen LogP contribution in [0.15, 0.2) is 18.3 Å². The SMILES string of the molecule is CN(Cc1ccc(NN)nc1)C1CCOCC1. The summed E-state index contributed by atoms with van der Waals surface area (Å²) in [5, 5.41) is 0. The third kappa shape index (κ3) is 3.39. The minimum atomic E-state index is 0.621. The molecule has 0 atom stereocenters. The minimum Gasteiger partial charge on any atom is -0.381 e. The summed E-state index contributed by atoms with van der Waals surface area (Å²) >= 11 is 0. The van der Waals surface area contributed by atoms with Crippen molar-refractivity contribution in [1.82, 2.24) is 9.88 Å². The number of nitrogens with zero attached hydrogens (tertiary/aromatic N) is 2. The Morgan fingerprint density at radius 1 is 1.47 bits per heavy atom. The maximum Gasteiger partial charge on any atom is 0.139 e. The number of hydrogen-bond acceptors (Lipinski definition) is 5. The number of ether oxygens (including phenoxy) is 1. The highest BCUT2D eigenvalue weighted by Crippen LogP contribution is 2.15. The average Bonchev–Trinajstić information content (AvgIpc) is 2.40. The lowest BCUT2D eigenvalue weighted by Gasteiger charge is -2.31. The van der Waals surface area contributed by atoms with E-state index < -0.39 is 0 Å². The van der Waals surface area contributed by atoms with E-state index in [4.69, 9.17) is 10.6 Å². The monoisotopic (exact) mass is 236 g/mol. The van der Waals surface area contributed by atoms with Crippen molar-refractivity contribution < 1.29 is 4.74 Å². The number of aromatic nitrogens is 1. The molecule has 0 saturated carbocycles. The Labute approximate surface area is 102 Å². The molecule has 3 N–H and O–H groups in total. The molecular weight excluding hydrogens is 216 g/mol. The fraction of sp³-hybridized carbons (Fsp3) is 0.583. The number of pyridine rings is 1. The molecule has 1 fully saturated rings. The van der Waals surface area contributed by atoms with Crippen LogP contribution < -0.4 is 11.3 Å². The lowest BCUT2D eigenvalue weighted by Crippen LogP contribution is -2.36. The van der Waals surface area contributed by atoms with Crippen molar-refractivity contribution in [3.63, 3.8) is 0 Å². The van der Waals surface area contributed by atoms with E-state index >= 15 is 0 Å². The van der Waals surface area contributed by atoms with Gasteiger partial charge in [0.05, 0.1) is 0 Å². The van der Waals surface area contributed by atoms with E-state index in [1.165, 1.54) is 5.56 Å². The lowest BCUT2D eigenvalue weighted by atomic mass is 10.1. The first-order valence-electron chi connectivity index (χ1n) is 5.99. The molecule has 0 spiro atoms. The highest BCUT2D eigenvalue weighted by Gasteiger charge is 2.18. The Balaban J connectivity index is 1.89. The Kier molecular flexibility index (Phi) is 4.30. The van der Waals surface area contributed by atoms with E-state index in [-0.39, 0.29) is 0 Å². The Morgan fingerprint density at radius 2 is 2.24 bits per heavy atom. The van der Waals surface area contributed by atoms with Gasteiger partial charge in [0.15, 0.2) is 0 Å². The van der Waals surface area contributed by atoms with Gasteiger partial charge in [-0.2, -0.15) is 0 Å². The zero-order valence-electron chi connectivity index (χ0n) is 10.2. The Bertz CT molecular complexity index is 335. The van der Waals surface area contributed by atoms with Gasteiger partial charge in [-0.1, -0.05) is 6.07 Å². The molecule has 0 radical (unpaired) electrons. The summed E-state index contributed by atoms with van der Waals surface area (Å²) in [7, 11) is 2.16. The third-order valence-electron chi connectivity index (χ3n) is 3.22. The molecule has 1 aromatic rings. The number of anilines is 1. The van der Waals surface area contributed by atoms with Gasteiger partial charge in [-0.3, -0.25) is 4.90 Å². The molecule has 5 nitrogen and oxygen atoms in total. The van der Waals surface area contributed by atoms with Crippen LogP contribution in [0.4, 0.5) is 5.82 Å². The predicted octanol–water partition coefficient (Wildman–Crippen LogP) is 0.978. The van der Waals surface area contributed by atoms with Gasteiger partial charge in [0.25, 0.3) is 0 Å². The standard InChI is InChI=1S/C12H20N4O/c1-16(11-4-6-17-7-5-11)9-10-2-3-12(15-13)14-8-10/h2-3,8,11H,4-7,9,13H2,1H3,(H,14,15). The topological polar surface area (TPSA) is 63.4 Å². The van der Waals surface area contributed by atoms with Gasteiger partial charge in [0.1, 0.15) is 5.82 Å². The van der Waals surface area contributed by atoms with Crippen molar-refractivity contribution in [1.29, 1.82) is 0 Å². The number of rotatable bonds is 4. The highest BCUT2D eigenvalue weighted by atomic mass is 16.5. The van der Waals surface area contributed by atoms with E-state index in [0.29, 0.717) is 11.9 Å². The summed E-state index contributed by atoms with van der Waals surface area (Å²) in [6.45, 7) is 2.68. The number of hydrogen-bond donors (Lipinski definition) is 2. The van der Waals surface area contributed by atoms with Crippen LogP contribution in [0, 0.1) is 0 Å². The average molecular weight is 236 g/mol.